The van der Waals surface area contributed by atoms with Gasteiger partial charge in [-0.3, -0.25) is 0 Å². The van der Waals surface area contributed by atoms with Crippen LogP contribution in [0.4, 0.5) is 0 Å². The summed E-state index contributed by atoms with van der Waals surface area (Å²) in [6.45, 7) is 8.50. The van der Waals surface area contributed by atoms with Gasteiger partial charge < -0.3 is 0 Å². The van der Waals surface area contributed by atoms with Gasteiger partial charge in [-0.15, -0.1) is 0 Å². The fourth-order valence-electron chi connectivity index (χ4n) is 1.71. The summed E-state index contributed by atoms with van der Waals surface area (Å²) < 4.78 is 1.81. The number of nitrogens with zero attached hydrogens (tertiary/aromatic N) is 2. The van der Waals surface area contributed by atoms with Gasteiger partial charge in [0.2, 0.25) is 0 Å². The van der Waals surface area contributed by atoms with Crippen LogP contribution < -0.4 is 0 Å². The third-order valence-corrected chi connectivity index (χ3v) is 3.09. The van der Waals surface area contributed by atoms with E-state index >= 15 is 0 Å². The highest BCUT2D eigenvalue weighted by Gasteiger charge is 2.15. The molecule has 1 heterocycles. The van der Waals surface area contributed by atoms with Gasteiger partial charge in [-0.2, -0.15) is 5.10 Å². The average Bonchev–Trinajstić information content (AvgIpc) is 2.63. The molecule has 2 aromatic rings. The van der Waals surface area contributed by atoms with E-state index in [1.165, 1.54) is 5.56 Å². The fraction of sp³-hybridized carbons (Fsp3) is 0.357. The second-order valence-electron chi connectivity index (χ2n) is 5.32. The molecule has 0 radical (unpaired) electrons. The van der Waals surface area contributed by atoms with E-state index in [9.17, 15) is 0 Å². The second kappa shape index (κ2) is 4.19. The van der Waals surface area contributed by atoms with E-state index in [2.05, 4.69) is 31.9 Å². The van der Waals surface area contributed by atoms with Gasteiger partial charge in [-0.1, -0.05) is 38.4 Å². The van der Waals surface area contributed by atoms with Crippen LogP contribution >= 0.6 is 11.6 Å². The maximum atomic E-state index is 6.32. The van der Waals surface area contributed by atoms with E-state index in [0.29, 0.717) is 0 Å². The first kappa shape index (κ1) is 12.2. The summed E-state index contributed by atoms with van der Waals surface area (Å²) in [4.78, 5) is 0. The molecule has 2 nitrogen and oxygen atoms in total. The number of aromatic nitrogens is 2. The van der Waals surface area contributed by atoms with Crippen LogP contribution in [0, 0.1) is 6.92 Å². The summed E-state index contributed by atoms with van der Waals surface area (Å²) in [6.07, 6.45) is 1.92. The molecule has 0 aliphatic carbocycles. The summed E-state index contributed by atoms with van der Waals surface area (Å²) in [6, 6.07) is 8.12. The Kier molecular flexibility index (Phi) is 3.00. The molecule has 3 heteroatoms. The molecule has 0 atom stereocenters. The quantitative estimate of drug-likeness (QED) is 0.742. The predicted octanol–water partition coefficient (Wildman–Crippen LogP) is 4.13. The number of hydrogen-bond donors (Lipinski definition) is 0. The molecule has 0 bridgehead atoms. The van der Waals surface area contributed by atoms with Crippen molar-refractivity contribution in [2.75, 3.05) is 0 Å². The average molecular weight is 249 g/mol. The van der Waals surface area contributed by atoms with Crippen LogP contribution in [0.3, 0.4) is 0 Å². The number of aryl methyl sites for hydroxylation is 1. The van der Waals surface area contributed by atoms with Crippen molar-refractivity contribution >= 4 is 11.6 Å². The van der Waals surface area contributed by atoms with Gasteiger partial charge in [-0.05, 0) is 36.1 Å². The number of halogens is 1. The Morgan fingerprint density at radius 2 is 1.88 bits per heavy atom. The Balaban J connectivity index is 2.45. The Morgan fingerprint density at radius 1 is 1.18 bits per heavy atom. The van der Waals surface area contributed by atoms with Crippen LogP contribution in [0.5, 0.6) is 0 Å². The first-order valence-electron chi connectivity index (χ1n) is 5.70. The SMILES string of the molecule is Cc1ccn(-c2ccc(C(C)(C)C)cc2Cl)n1. The van der Waals surface area contributed by atoms with Crippen LogP contribution in [0.15, 0.2) is 30.5 Å². The summed E-state index contributed by atoms with van der Waals surface area (Å²) >= 11 is 6.32. The van der Waals surface area contributed by atoms with Crippen LogP contribution in [0.2, 0.25) is 5.02 Å². The van der Waals surface area contributed by atoms with E-state index in [1.54, 1.807) is 0 Å². The van der Waals surface area contributed by atoms with Crippen LogP contribution in [0.25, 0.3) is 5.69 Å². The van der Waals surface area contributed by atoms with Gasteiger partial charge >= 0.3 is 0 Å². The topological polar surface area (TPSA) is 17.8 Å². The third-order valence-electron chi connectivity index (χ3n) is 2.78. The highest BCUT2D eigenvalue weighted by Crippen LogP contribution is 2.28. The molecule has 0 unspecified atom stereocenters. The van der Waals surface area contributed by atoms with Gasteiger partial charge in [0.15, 0.2) is 0 Å². The highest BCUT2D eigenvalue weighted by molar-refractivity contribution is 6.32. The number of rotatable bonds is 1. The molecule has 17 heavy (non-hydrogen) atoms. The molecule has 0 amide bonds. The molecule has 2 rings (SSSR count). The monoisotopic (exact) mass is 248 g/mol. The molecule has 1 aromatic carbocycles. The van der Waals surface area contributed by atoms with E-state index in [1.807, 2.05) is 36.0 Å². The minimum atomic E-state index is 0.113. The highest BCUT2D eigenvalue weighted by atomic mass is 35.5. The van der Waals surface area contributed by atoms with Crippen molar-refractivity contribution in [1.82, 2.24) is 9.78 Å². The van der Waals surface area contributed by atoms with E-state index in [0.717, 1.165) is 16.4 Å². The lowest BCUT2D eigenvalue weighted by molar-refractivity contribution is 0.590. The Morgan fingerprint density at radius 3 is 2.35 bits per heavy atom. The fourth-order valence-corrected chi connectivity index (χ4v) is 1.98. The van der Waals surface area contributed by atoms with Crippen molar-refractivity contribution in [3.63, 3.8) is 0 Å². The molecule has 0 aliphatic rings. The second-order valence-corrected chi connectivity index (χ2v) is 5.73. The minimum absolute atomic E-state index is 0.113. The Bertz CT molecular complexity index is 535. The first-order chi connectivity index (χ1) is 7.88. The van der Waals surface area contributed by atoms with Gasteiger partial charge in [0.1, 0.15) is 0 Å². The Hall–Kier alpha value is -1.28. The lowest BCUT2D eigenvalue weighted by atomic mass is 9.87. The molecular formula is C14H17ClN2. The summed E-state index contributed by atoms with van der Waals surface area (Å²) in [7, 11) is 0. The zero-order chi connectivity index (χ0) is 12.6. The van der Waals surface area contributed by atoms with Crippen molar-refractivity contribution in [1.29, 1.82) is 0 Å². The predicted molar refractivity (Wildman–Crippen MR) is 72.0 cm³/mol. The molecule has 0 aliphatic heterocycles. The standard InChI is InChI=1S/C14H17ClN2/c1-10-7-8-17(16-10)13-6-5-11(9-12(13)15)14(2,3)4/h5-9H,1-4H3. The Labute approximate surface area is 107 Å². The van der Waals surface area contributed by atoms with Crippen LogP contribution in [-0.4, -0.2) is 9.78 Å². The smallest absolute Gasteiger partial charge is 0.0832 e. The molecule has 1 aromatic heterocycles. The zero-order valence-electron chi connectivity index (χ0n) is 10.7. The summed E-state index contributed by atoms with van der Waals surface area (Å²) in [5, 5.41) is 5.10. The molecule has 0 saturated heterocycles. The van der Waals surface area contributed by atoms with Crippen molar-refractivity contribution in [3.05, 3.63) is 46.7 Å². The first-order valence-corrected chi connectivity index (χ1v) is 6.08. The molecular weight excluding hydrogens is 232 g/mol. The van der Waals surface area contributed by atoms with Crippen LogP contribution in [-0.2, 0) is 5.41 Å². The number of hydrogen-bond acceptors (Lipinski definition) is 1. The van der Waals surface area contributed by atoms with Crippen LogP contribution in [0.1, 0.15) is 32.0 Å². The van der Waals surface area contributed by atoms with Gasteiger partial charge in [0.05, 0.1) is 16.4 Å². The summed E-state index contributed by atoms with van der Waals surface area (Å²) in [5.41, 5.74) is 3.26. The molecule has 0 N–H and O–H groups in total. The van der Waals surface area contributed by atoms with Crippen molar-refractivity contribution in [2.24, 2.45) is 0 Å². The largest absolute Gasteiger partial charge is 0.239 e. The molecule has 90 valence electrons. The van der Waals surface area contributed by atoms with E-state index < -0.39 is 0 Å². The maximum absolute atomic E-state index is 6.32. The van der Waals surface area contributed by atoms with Crippen molar-refractivity contribution in [3.8, 4) is 5.69 Å². The van der Waals surface area contributed by atoms with Gasteiger partial charge in [-0.25, -0.2) is 4.68 Å². The lowest BCUT2D eigenvalue weighted by Crippen LogP contribution is -2.11. The third kappa shape index (κ3) is 2.52. The number of benzene rings is 1. The van der Waals surface area contributed by atoms with Crippen molar-refractivity contribution in [2.45, 2.75) is 33.1 Å². The molecule has 0 spiro atoms. The maximum Gasteiger partial charge on any atom is 0.0832 e. The van der Waals surface area contributed by atoms with Gasteiger partial charge in [0.25, 0.3) is 0 Å². The molecule has 0 fully saturated rings. The normalized spacial score (nSPS) is 11.8. The zero-order valence-corrected chi connectivity index (χ0v) is 11.4. The molecule has 0 saturated carbocycles. The van der Waals surface area contributed by atoms with Crippen molar-refractivity contribution < 1.29 is 0 Å². The minimum Gasteiger partial charge on any atom is -0.239 e. The summed E-state index contributed by atoms with van der Waals surface area (Å²) in [5.74, 6) is 0. The lowest BCUT2D eigenvalue weighted by Gasteiger charge is -2.20. The van der Waals surface area contributed by atoms with Gasteiger partial charge in [0, 0.05) is 6.20 Å². The van der Waals surface area contributed by atoms with E-state index in [4.69, 9.17) is 11.6 Å². The van der Waals surface area contributed by atoms with E-state index in [-0.39, 0.29) is 5.41 Å².